The number of aryl methyl sites for hydroxylation is 1. The lowest BCUT2D eigenvalue weighted by molar-refractivity contribution is -0.121. The van der Waals surface area contributed by atoms with Crippen molar-refractivity contribution in [1.82, 2.24) is 4.31 Å². The molecule has 1 unspecified atom stereocenters. The molecule has 0 radical (unpaired) electrons. The smallest absolute Gasteiger partial charge is 0.253 e. The Morgan fingerprint density at radius 3 is 2.76 bits per heavy atom. The summed E-state index contributed by atoms with van der Waals surface area (Å²) in [7, 11) is -3.62. The second-order valence-electron chi connectivity index (χ2n) is 6.13. The second kappa shape index (κ2) is 7.27. The Hall–Kier alpha value is -1.70. The molecule has 1 aliphatic rings. The first-order chi connectivity index (χ1) is 11.9. The van der Waals surface area contributed by atoms with E-state index in [4.69, 9.17) is 0 Å². The van der Waals surface area contributed by atoms with Crippen molar-refractivity contribution in [2.45, 2.75) is 36.9 Å². The van der Waals surface area contributed by atoms with E-state index in [1.807, 2.05) is 38.1 Å². The van der Waals surface area contributed by atoms with E-state index in [1.165, 1.54) is 15.6 Å². The number of hydrogen-bond acceptors (Lipinski definition) is 4. The highest BCUT2D eigenvalue weighted by Gasteiger charge is 2.41. The first kappa shape index (κ1) is 18.1. The number of likely N-dealkylation sites (N-methyl/N-ethyl adjacent to an activating group) is 1. The number of nitrogens with zero attached hydrogens (tertiary/aromatic N) is 2. The van der Waals surface area contributed by atoms with Gasteiger partial charge in [-0.3, -0.25) is 4.79 Å². The first-order valence-electron chi connectivity index (χ1n) is 8.38. The number of rotatable bonds is 5. The monoisotopic (exact) mass is 378 g/mol. The summed E-state index contributed by atoms with van der Waals surface area (Å²) in [6.07, 6.45) is 1.26. The van der Waals surface area contributed by atoms with Crippen molar-refractivity contribution in [2.24, 2.45) is 0 Å². The molecule has 25 heavy (non-hydrogen) atoms. The number of hydrogen-bond donors (Lipinski definition) is 0. The number of amides is 1. The van der Waals surface area contributed by atoms with Crippen LogP contribution in [0, 0.1) is 6.92 Å². The lowest BCUT2D eigenvalue weighted by Gasteiger charge is -2.29. The lowest BCUT2D eigenvalue weighted by atomic mass is 10.1. The van der Waals surface area contributed by atoms with Crippen LogP contribution in [0.3, 0.4) is 0 Å². The van der Waals surface area contributed by atoms with Gasteiger partial charge in [0, 0.05) is 18.8 Å². The van der Waals surface area contributed by atoms with E-state index >= 15 is 0 Å². The summed E-state index contributed by atoms with van der Waals surface area (Å²) >= 11 is 1.19. The van der Waals surface area contributed by atoms with Gasteiger partial charge in [0.15, 0.2) is 0 Å². The van der Waals surface area contributed by atoms with Crippen LogP contribution in [0.25, 0.3) is 0 Å². The number of carbonyl (C=O) groups excluding carboxylic acids is 1. The van der Waals surface area contributed by atoms with Gasteiger partial charge in [0.1, 0.15) is 10.3 Å². The zero-order valence-corrected chi connectivity index (χ0v) is 16.0. The summed E-state index contributed by atoms with van der Waals surface area (Å²) < 4.78 is 27.4. The first-order valence-corrected chi connectivity index (χ1v) is 10.7. The number of benzene rings is 1. The van der Waals surface area contributed by atoms with E-state index in [-0.39, 0.29) is 5.91 Å². The van der Waals surface area contributed by atoms with Gasteiger partial charge in [-0.1, -0.05) is 18.2 Å². The van der Waals surface area contributed by atoms with Gasteiger partial charge in [0.2, 0.25) is 5.91 Å². The van der Waals surface area contributed by atoms with Gasteiger partial charge in [-0.15, -0.1) is 11.3 Å². The second-order valence-corrected chi connectivity index (χ2v) is 9.19. The maximum absolute atomic E-state index is 13.1. The van der Waals surface area contributed by atoms with Gasteiger partial charge in [-0.2, -0.15) is 4.31 Å². The molecule has 2 aromatic rings. The Bertz CT molecular complexity index is 847. The minimum absolute atomic E-state index is 0.147. The van der Waals surface area contributed by atoms with Gasteiger partial charge < -0.3 is 4.90 Å². The van der Waals surface area contributed by atoms with Crippen LogP contribution in [-0.4, -0.2) is 37.8 Å². The van der Waals surface area contributed by atoms with E-state index in [2.05, 4.69) is 0 Å². The van der Waals surface area contributed by atoms with Crippen LogP contribution in [0.4, 0.5) is 5.69 Å². The predicted molar refractivity (Wildman–Crippen MR) is 100 cm³/mol. The van der Waals surface area contributed by atoms with Crippen molar-refractivity contribution >= 4 is 33.0 Å². The zero-order chi connectivity index (χ0) is 18.0. The van der Waals surface area contributed by atoms with Gasteiger partial charge >= 0.3 is 0 Å². The molecule has 0 saturated carbocycles. The molecule has 3 rings (SSSR count). The van der Waals surface area contributed by atoms with E-state index in [0.29, 0.717) is 30.1 Å². The van der Waals surface area contributed by atoms with Crippen LogP contribution in [0.2, 0.25) is 0 Å². The topological polar surface area (TPSA) is 57.7 Å². The normalized spacial score (nSPS) is 18.4. The molecule has 0 spiro atoms. The Balaban J connectivity index is 1.90. The quantitative estimate of drug-likeness (QED) is 0.802. The molecule has 7 heteroatoms. The van der Waals surface area contributed by atoms with E-state index < -0.39 is 16.1 Å². The fraction of sp³-hybridized carbons (Fsp3) is 0.389. The molecule has 1 amide bonds. The average molecular weight is 379 g/mol. The SMILES string of the molecule is CCN(C(=O)C1CCCN1S(=O)(=O)c1cccs1)c1cccc(C)c1. The highest BCUT2D eigenvalue weighted by atomic mass is 32.2. The molecule has 1 aliphatic heterocycles. The minimum Gasteiger partial charge on any atom is -0.311 e. The number of carbonyl (C=O) groups is 1. The molecule has 1 aromatic carbocycles. The van der Waals surface area contributed by atoms with Gasteiger partial charge in [0.25, 0.3) is 10.0 Å². The van der Waals surface area contributed by atoms with Crippen molar-refractivity contribution < 1.29 is 13.2 Å². The van der Waals surface area contributed by atoms with Crippen molar-refractivity contribution in [3.8, 4) is 0 Å². The third-order valence-electron chi connectivity index (χ3n) is 4.44. The molecular formula is C18H22N2O3S2. The maximum Gasteiger partial charge on any atom is 0.253 e. The molecule has 0 aliphatic carbocycles. The summed E-state index contributed by atoms with van der Waals surface area (Å²) in [5.41, 5.74) is 1.88. The molecule has 1 atom stereocenters. The highest BCUT2D eigenvalue weighted by molar-refractivity contribution is 7.91. The summed E-state index contributed by atoms with van der Waals surface area (Å²) in [5.74, 6) is -0.147. The van der Waals surface area contributed by atoms with Crippen LogP contribution in [0.15, 0.2) is 46.0 Å². The number of anilines is 1. The highest BCUT2D eigenvalue weighted by Crippen LogP contribution is 2.30. The Morgan fingerprint density at radius 1 is 1.32 bits per heavy atom. The summed E-state index contributed by atoms with van der Waals surface area (Å²) in [6.45, 7) is 4.78. The third kappa shape index (κ3) is 3.49. The van der Waals surface area contributed by atoms with Crippen LogP contribution in [0.5, 0.6) is 0 Å². The Labute approximate surface area is 152 Å². The number of sulfonamides is 1. The molecule has 0 N–H and O–H groups in total. The van der Waals surface area contributed by atoms with Gasteiger partial charge in [0.05, 0.1) is 0 Å². The summed E-state index contributed by atoms with van der Waals surface area (Å²) in [6, 6.07) is 10.4. The standard InChI is InChI=1S/C18H22N2O3S2/c1-3-19(15-8-4-7-14(2)13-15)18(21)16-9-5-11-20(16)25(22,23)17-10-6-12-24-17/h4,6-8,10,12-13,16H,3,5,9,11H2,1-2H3. The van der Waals surface area contributed by atoms with Crippen LogP contribution in [-0.2, 0) is 14.8 Å². The fourth-order valence-corrected chi connectivity index (χ4v) is 6.01. The summed E-state index contributed by atoms with van der Waals surface area (Å²) in [5, 5.41) is 1.74. The maximum atomic E-state index is 13.1. The Kier molecular flexibility index (Phi) is 5.27. The lowest BCUT2D eigenvalue weighted by Crippen LogP contribution is -2.47. The van der Waals surface area contributed by atoms with Crippen molar-refractivity contribution in [3.05, 3.63) is 47.3 Å². The third-order valence-corrected chi connectivity index (χ3v) is 7.72. The van der Waals surface area contributed by atoms with E-state index in [0.717, 1.165) is 11.3 Å². The minimum atomic E-state index is -3.62. The average Bonchev–Trinajstić information content (AvgIpc) is 3.28. The molecule has 1 saturated heterocycles. The summed E-state index contributed by atoms with van der Waals surface area (Å²) in [4.78, 5) is 14.8. The van der Waals surface area contributed by atoms with Crippen molar-refractivity contribution in [2.75, 3.05) is 18.0 Å². The van der Waals surface area contributed by atoms with Gasteiger partial charge in [-0.25, -0.2) is 8.42 Å². The van der Waals surface area contributed by atoms with Gasteiger partial charge in [-0.05, 0) is 55.8 Å². The largest absolute Gasteiger partial charge is 0.311 e. The van der Waals surface area contributed by atoms with Crippen LogP contribution in [0.1, 0.15) is 25.3 Å². The molecule has 1 aromatic heterocycles. The van der Waals surface area contributed by atoms with Crippen molar-refractivity contribution in [3.63, 3.8) is 0 Å². The van der Waals surface area contributed by atoms with E-state index in [9.17, 15) is 13.2 Å². The predicted octanol–water partition coefficient (Wildman–Crippen LogP) is 3.26. The van der Waals surface area contributed by atoms with Crippen LogP contribution >= 0.6 is 11.3 Å². The molecule has 0 bridgehead atoms. The zero-order valence-electron chi connectivity index (χ0n) is 14.4. The van der Waals surface area contributed by atoms with Crippen LogP contribution < -0.4 is 4.90 Å². The molecule has 5 nitrogen and oxygen atoms in total. The van der Waals surface area contributed by atoms with E-state index in [1.54, 1.807) is 22.4 Å². The molecule has 134 valence electrons. The molecule has 2 heterocycles. The van der Waals surface area contributed by atoms with Crippen molar-refractivity contribution in [1.29, 1.82) is 0 Å². The Morgan fingerprint density at radius 2 is 2.12 bits per heavy atom. The molecule has 1 fully saturated rings. The number of thiophene rings is 1. The molecular weight excluding hydrogens is 356 g/mol. The fourth-order valence-electron chi connectivity index (χ4n) is 3.24.